The van der Waals surface area contributed by atoms with Gasteiger partial charge in [0, 0.05) is 6.07 Å². The van der Waals surface area contributed by atoms with Gasteiger partial charge < -0.3 is 4.72 Å². The van der Waals surface area contributed by atoms with Gasteiger partial charge in [-0.05, 0) is 18.2 Å². The second-order valence-corrected chi connectivity index (χ2v) is 5.34. The van der Waals surface area contributed by atoms with Gasteiger partial charge in [-0.3, -0.25) is 10.1 Å². The van der Waals surface area contributed by atoms with Gasteiger partial charge in [0.1, 0.15) is 20.7 Å². The zero-order chi connectivity index (χ0) is 14.8. The highest BCUT2D eigenvalue weighted by atomic mass is 32.2. The summed E-state index contributed by atoms with van der Waals surface area (Å²) in [6.07, 6.45) is 0. The fourth-order valence-electron chi connectivity index (χ4n) is 1.52. The Bertz CT molecular complexity index is 744. The normalized spacial score (nSPS) is 11.1. The van der Waals surface area contributed by atoms with Gasteiger partial charge >= 0.3 is 0 Å². The Balaban J connectivity index is 2.41. The third-order valence-corrected chi connectivity index (χ3v) is 3.74. The number of rotatable bonds is 4. The second kappa shape index (κ2) is 5.25. The van der Waals surface area contributed by atoms with Crippen molar-refractivity contribution in [2.45, 2.75) is 4.90 Å². The molecule has 0 amide bonds. The van der Waals surface area contributed by atoms with Gasteiger partial charge in [-0.1, -0.05) is 24.3 Å². The number of nitro benzene ring substituents is 1. The first-order valence-corrected chi connectivity index (χ1v) is 6.81. The van der Waals surface area contributed by atoms with Gasteiger partial charge in [-0.2, -0.15) is 0 Å². The molecular formula is C12H8FN2O4S-. The Morgan fingerprint density at radius 2 is 1.65 bits per heavy atom. The van der Waals surface area contributed by atoms with Crippen LogP contribution in [0, 0.1) is 15.9 Å². The van der Waals surface area contributed by atoms with E-state index in [1.807, 2.05) is 0 Å². The summed E-state index contributed by atoms with van der Waals surface area (Å²) in [7, 11) is -4.24. The molecule has 0 saturated heterocycles. The molecule has 2 rings (SSSR count). The van der Waals surface area contributed by atoms with Gasteiger partial charge in [-0.25, -0.2) is 12.8 Å². The van der Waals surface area contributed by atoms with E-state index in [0.717, 1.165) is 24.3 Å². The smallest absolute Gasteiger partial charge is 0.286 e. The van der Waals surface area contributed by atoms with Gasteiger partial charge in [0.15, 0.2) is 0 Å². The van der Waals surface area contributed by atoms with Crippen molar-refractivity contribution in [1.82, 2.24) is 0 Å². The van der Waals surface area contributed by atoms with Crippen LogP contribution in [0.3, 0.4) is 0 Å². The average molecular weight is 295 g/mol. The number of benzene rings is 2. The van der Waals surface area contributed by atoms with Crippen LogP contribution < -0.4 is 0 Å². The Morgan fingerprint density at radius 3 is 2.25 bits per heavy atom. The molecule has 0 saturated carbocycles. The SMILES string of the molecule is O=[N+]([O-])c1ccccc1S(=O)(=O)[N-]c1ccc(F)cc1. The van der Waals surface area contributed by atoms with Gasteiger partial charge in [0.2, 0.25) is 0 Å². The summed E-state index contributed by atoms with van der Waals surface area (Å²) in [5.74, 6) is -0.535. The van der Waals surface area contributed by atoms with Crippen molar-refractivity contribution in [2.24, 2.45) is 0 Å². The molecule has 0 spiro atoms. The summed E-state index contributed by atoms with van der Waals surface area (Å²) in [4.78, 5) is 9.51. The lowest BCUT2D eigenvalue weighted by atomic mass is 10.3. The molecule has 0 N–H and O–H groups in total. The van der Waals surface area contributed by atoms with Crippen LogP contribution in [0.5, 0.6) is 0 Å². The van der Waals surface area contributed by atoms with Crippen LogP contribution in [0.2, 0.25) is 0 Å². The average Bonchev–Trinajstić information content (AvgIpc) is 2.41. The number of hydrogen-bond acceptors (Lipinski definition) is 4. The van der Waals surface area contributed by atoms with Crippen molar-refractivity contribution in [3.05, 3.63) is 69.2 Å². The van der Waals surface area contributed by atoms with Crippen molar-refractivity contribution in [3.63, 3.8) is 0 Å². The van der Waals surface area contributed by atoms with Crippen LogP contribution >= 0.6 is 0 Å². The molecule has 0 radical (unpaired) electrons. The molecule has 0 bridgehead atoms. The Morgan fingerprint density at radius 1 is 1.05 bits per heavy atom. The van der Waals surface area contributed by atoms with Gasteiger partial charge in [0.25, 0.3) is 5.69 Å². The molecule has 0 fully saturated rings. The van der Waals surface area contributed by atoms with Crippen LogP contribution in [0.15, 0.2) is 53.4 Å². The first-order valence-electron chi connectivity index (χ1n) is 5.37. The number of nitro groups is 1. The zero-order valence-electron chi connectivity index (χ0n) is 9.93. The molecule has 2 aromatic rings. The minimum atomic E-state index is -4.24. The molecule has 104 valence electrons. The van der Waals surface area contributed by atoms with Crippen molar-refractivity contribution in [1.29, 1.82) is 0 Å². The molecule has 0 heterocycles. The lowest BCUT2D eigenvalue weighted by Gasteiger charge is -2.21. The molecule has 0 unspecified atom stereocenters. The summed E-state index contributed by atoms with van der Waals surface area (Å²) in [6.45, 7) is 0. The molecular weight excluding hydrogens is 287 g/mol. The standard InChI is InChI=1S/C12H8FN2O4S/c13-9-5-7-10(8-6-9)14-20(18,19)12-4-2-1-3-11(12)15(16)17/h1-8H/q-1. The van der Waals surface area contributed by atoms with E-state index in [9.17, 15) is 22.9 Å². The fraction of sp³-hybridized carbons (Fsp3) is 0. The number of halogens is 1. The van der Waals surface area contributed by atoms with Crippen molar-refractivity contribution in [2.75, 3.05) is 0 Å². The van der Waals surface area contributed by atoms with Crippen LogP contribution in [0.25, 0.3) is 4.72 Å². The lowest BCUT2D eigenvalue weighted by molar-refractivity contribution is -0.387. The lowest BCUT2D eigenvalue weighted by Crippen LogP contribution is -2.02. The molecule has 20 heavy (non-hydrogen) atoms. The quantitative estimate of drug-likeness (QED) is 0.640. The molecule has 6 nitrogen and oxygen atoms in total. The Labute approximate surface area is 114 Å². The minimum absolute atomic E-state index is 0.00967. The van der Waals surface area contributed by atoms with E-state index in [-0.39, 0.29) is 5.69 Å². The molecule has 0 aliphatic heterocycles. The summed E-state index contributed by atoms with van der Waals surface area (Å²) >= 11 is 0. The second-order valence-electron chi connectivity index (χ2n) is 3.77. The maximum atomic E-state index is 12.7. The van der Waals surface area contributed by atoms with E-state index in [1.54, 1.807) is 0 Å². The number of sulfonamides is 1. The summed E-state index contributed by atoms with van der Waals surface area (Å²) in [5, 5.41) is 10.8. The molecule has 0 aromatic heterocycles. The van der Waals surface area contributed by atoms with Crippen LogP contribution in [0.4, 0.5) is 15.8 Å². The number of nitrogens with zero attached hydrogens (tertiary/aromatic N) is 2. The number of para-hydroxylation sites is 1. The van der Waals surface area contributed by atoms with E-state index in [2.05, 4.69) is 4.72 Å². The van der Waals surface area contributed by atoms with Crippen molar-refractivity contribution < 1.29 is 17.7 Å². The van der Waals surface area contributed by atoms with Crippen molar-refractivity contribution >= 4 is 21.4 Å². The third-order valence-electron chi connectivity index (χ3n) is 2.39. The van der Waals surface area contributed by atoms with Gasteiger partial charge in [0.05, 0.1) is 4.92 Å². The minimum Gasteiger partial charge on any atom is -0.572 e. The highest BCUT2D eigenvalue weighted by molar-refractivity contribution is 7.94. The predicted molar refractivity (Wildman–Crippen MR) is 69.7 cm³/mol. The maximum Gasteiger partial charge on any atom is 0.286 e. The topological polar surface area (TPSA) is 91.4 Å². The molecule has 2 aromatic carbocycles. The zero-order valence-corrected chi connectivity index (χ0v) is 10.7. The largest absolute Gasteiger partial charge is 0.572 e. The Hall–Kier alpha value is -2.48. The molecule has 8 heteroatoms. The van der Waals surface area contributed by atoms with Crippen LogP contribution in [0.1, 0.15) is 0 Å². The van der Waals surface area contributed by atoms with Crippen LogP contribution in [-0.4, -0.2) is 13.3 Å². The van der Waals surface area contributed by atoms with E-state index >= 15 is 0 Å². The summed E-state index contributed by atoms with van der Waals surface area (Å²) in [5.41, 5.74) is -0.567. The monoisotopic (exact) mass is 295 g/mol. The molecule has 0 aliphatic rings. The van der Waals surface area contributed by atoms with Crippen molar-refractivity contribution in [3.8, 4) is 0 Å². The Kier molecular flexibility index (Phi) is 3.66. The third kappa shape index (κ3) is 2.91. The highest BCUT2D eigenvalue weighted by Gasteiger charge is 2.19. The highest BCUT2D eigenvalue weighted by Crippen LogP contribution is 2.32. The molecule has 0 aliphatic carbocycles. The van der Waals surface area contributed by atoms with E-state index < -0.39 is 31.3 Å². The molecule has 0 atom stereocenters. The summed E-state index contributed by atoms with van der Waals surface area (Å²) in [6, 6.07) is 9.33. The van der Waals surface area contributed by atoms with E-state index in [1.165, 1.54) is 24.3 Å². The van der Waals surface area contributed by atoms with E-state index in [4.69, 9.17) is 0 Å². The fourth-order valence-corrected chi connectivity index (χ4v) is 2.67. The van der Waals surface area contributed by atoms with Crippen LogP contribution in [-0.2, 0) is 10.0 Å². The number of hydrogen-bond donors (Lipinski definition) is 0. The summed E-state index contributed by atoms with van der Waals surface area (Å²) < 4.78 is 40.3. The first kappa shape index (κ1) is 13.9. The maximum absolute atomic E-state index is 12.7. The van der Waals surface area contributed by atoms with E-state index in [0.29, 0.717) is 0 Å². The van der Waals surface area contributed by atoms with Gasteiger partial charge in [-0.15, -0.1) is 5.69 Å². The first-order chi connectivity index (χ1) is 9.40. The predicted octanol–water partition coefficient (Wildman–Crippen LogP) is 3.13.